The van der Waals surface area contributed by atoms with E-state index in [4.69, 9.17) is 16.0 Å². The van der Waals surface area contributed by atoms with Gasteiger partial charge in [-0.3, -0.25) is 0 Å². The van der Waals surface area contributed by atoms with Gasteiger partial charge in [0.2, 0.25) is 6.54 Å². The number of ether oxygens (including phenoxy) is 2. The normalized spacial score (nSPS) is 12.6. The van der Waals surface area contributed by atoms with E-state index >= 15 is 0 Å². The summed E-state index contributed by atoms with van der Waals surface area (Å²) in [6.45, 7) is 17.4. The van der Waals surface area contributed by atoms with Crippen LogP contribution in [0.1, 0.15) is 41.0 Å². The lowest BCUT2D eigenvalue weighted by Gasteiger charge is -2.34. The van der Waals surface area contributed by atoms with Crippen LogP contribution in [0.3, 0.4) is 0 Å². The highest BCUT2D eigenvalue weighted by molar-refractivity contribution is 4.70. The molecule has 0 spiro atoms. The Balaban J connectivity index is 4.01. The molecule has 0 atom stereocenters. The molecule has 0 heterocycles. The van der Waals surface area contributed by atoms with Gasteiger partial charge in [0.1, 0.15) is 6.61 Å². The van der Waals surface area contributed by atoms with Crippen molar-refractivity contribution in [3.05, 3.63) is 11.4 Å². The van der Waals surface area contributed by atoms with E-state index in [2.05, 4.69) is 11.8 Å². The Morgan fingerprint density at radius 1 is 1.21 bits per heavy atom. The lowest BCUT2D eigenvalue weighted by Crippen LogP contribution is -2.39. The third-order valence-electron chi connectivity index (χ3n) is 2.03. The predicted octanol–water partition coefficient (Wildman–Crippen LogP) is 2.86. The van der Waals surface area contributed by atoms with Crippen LogP contribution in [0.25, 0.3) is 4.85 Å². The first kappa shape index (κ1) is 13.4. The molecule has 14 heavy (non-hydrogen) atoms. The summed E-state index contributed by atoms with van der Waals surface area (Å²) in [6.07, 6.45) is 0.933. The van der Waals surface area contributed by atoms with Crippen LogP contribution in [0.5, 0.6) is 0 Å². The Kier molecular flexibility index (Phi) is 5.11. The first-order valence-corrected chi connectivity index (χ1v) is 5.00. The van der Waals surface area contributed by atoms with Crippen LogP contribution in [-0.2, 0) is 9.47 Å². The molecule has 0 amide bonds. The smallest absolute Gasteiger partial charge is 0.237 e. The molecule has 0 aliphatic rings. The third kappa shape index (κ3) is 5.95. The molecule has 0 saturated carbocycles. The highest BCUT2D eigenvalue weighted by atomic mass is 16.7. The highest BCUT2D eigenvalue weighted by Gasteiger charge is 2.28. The van der Waals surface area contributed by atoms with Crippen molar-refractivity contribution in [2.45, 2.75) is 52.4 Å². The van der Waals surface area contributed by atoms with Crippen molar-refractivity contribution in [3.63, 3.8) is 0 Å². The molecule has 0 unspecified atom stereocenters. The molecule has 0 aromatic carbocycles. The standard InChI is InChI=1S/C11H21NO2/c1-7-10(2,3)14-11(4,5)13-9-8-12-6/h7-9H2,1-5H3. The van der Waals surface area contributed by atoms with Crippen molar-refractivity contribution in [2.24, 2.45) is 0 Å². The third-order valence-corrected chi connectivity index (χ3v) is 2.03. The van der Waals surface area contributed by atoms with E-state index < -0.39 is 5.79 Å². The van der Waals surface area contributed by atoms with E-state index in [1.807, 2.05) is 27.7 Å². The van der Waals surface area contributed by atoms with Crippen LogP contribution in [0.2, 0.25) is 0 Å². The van der Waals surface area contributed by atoms with Crippen LogP contribution in [0.15, 0.2) is 0 Å². The molecule has 0 aromatic rings. The van der Waals surface area contributed by atoms with Crippen LogP contribution in [0.4, 0.5) is 0 Å². The SMILES string of the molecule is [C-]#[N+]CCOC(C)(C)OC(C)(C)CC. The van der Waals surface area contributed by atoms with Crippen LogP contribution in [0, 0.1) is 6.57 Å². The van der Waals surface area contributed by atoms with Gasteiger partial charge in [-0.25, -0.2) is 6.57 Å². The van der Waals surface area contributed by atoms with Gasteiger partial charge in [0.25, 0.3) is 0 Å². The van der Waals surface area contributed by atoms with E-state index in [9.17, 15) is 0 Å². The van der Waals surface area contributed by atoms with Crippen molar-refractivity contribution >= 4 is 0 Å². The molecule has 0 aliphatic carbocycles. The number of rotatable bonds is 6. The summed E-state index contributed by atoms with van der Waals surface area (Å²) in [5.41, 5.74) is -0.179. The minimum absolute atomic E-state index is 0.179. The summed E-state index contributed by atoms with van der Waals surface area (Å²) >= 11 is 0. The lowest BCUT2D eigenvalue weighted by atomic mass is 10.1. The largest absolute Gasteiger partial charge is 0.345 e. The molecule has 0 fully saturated rings. The van der Waals surface area contributed by atoms with E-state index in [0.29, 0.717) is 13.2 Å². The van der Waals surface area contributed by atoms with E-state index in [0.717, 1.165) is 6.42 Å². The summed E-state index contributed by atoms with van der Waals surface area (Å²) in [7, 11) is 0. The average molecular weight is 199 g/mol. The highest BCUT2D eigenvalue weighted by Crippen LogP contribution is 2.23. The Hall–Kier alpha value is -0.590. The number of hydrogen-bond acceptors (Lipinski definition) is 2. The lowest BCUT2D eigenvalue weighted by molar-refractivity contribution is -0.260. The maximum absolute atomic E-state index is 6.63. The molecule has 82 valence electrons. The van der Waals surface area contributed by atoms with Gasteiger partial charge >= 0.3 is 0 Å². The molecule has 0 saturated heterocycles. The summed E-state index contributed by atoms with van der Waals surface area (Å²) in [5.74, 6) is -0.607. The second kappa shape index (κ2) is 5.33. The summed E-state index contributed by atoms with van der Waals surface area (Å²) in [6, 6.07) is 0. The first-order valence-electron chi connectivity index (χ1n) is 5.00. The Morgan fingerprint density at radius 3 is 2.21 bits per heavy atom. The molecule has 0 bridgehead atoms. The first-order chi connectivity index (χ1) is 6.33. The molecule has 3 nitrogen and oxygen atoms in total. The minimum atomic E-state index is -0.607. The fraction of sp³-hybridized carbons (Fsp3) is 0.909. The van der Waals surface area contributed by atoms with Crippen molar-refractivity contribution in [1.29, 1.82) is 0 Å². The quantitative estimate of drug-likeness (QED) is 0.373. The average Bonchev–Trinajstić information content (AvgIpc) is 2.03. The zero-order chi connectivity index (χ0) is 11.2. The van der Waals surface area contributed by atoms with Crippen LogP contribution >= 0.6 is 0 Å². The number of nitrogens with zero attached hydrogens (tertiary/aromatic N) is 1. The zero-order valence-corrected chi connectivity index (χ0v) is 9.89. The van der Waals surface area contributed by atoms with Gasteiger partial charge in [-0.2, -0.15) is 0 Å². The van der Waals surface area contributed by atoms with Gasteiger partial charge in [-0.1, -0.05) is 6.92 Å². The Bertz CT molecular complexity index is 204. The monoisotopic (exact) mass is 199 g/mol. The fourth-order valence-electron chi connectivity index (χ4n) is 1.10. The molecular formula is C11H21NO2. The Morgan fingerprint density at radius 2 is 1.79 bits per heavy atom. The van der Waals surface area contributed by atoms with Crippen molar-refractivity contribution < 1.29 is 9.47 Å². The molecule has 0 radical (unpaired) electrons. The van der Waals surface area contributed by atoms with Crippen LogP contribution < -0.4 is 0 Å². The van der Waals surface area contributed by atoms with Crippen LogP contribution in [-0.4, -0.2) is 24.5 Å². The van der Waals surface area contributed by atoms with E-state index in [1.165, 1.54) is 0 Å². The second-order valence-electron chi connectivity index (χ2n) is 4.35. The van der Waals surface area contributed by atoms with Gasteiger partial charge in [0.15, 0.2) is 5.79 Å². The summed E-state index contributed by atoms with van der Waals surface area (Å²) in [5, 5.41) is 0. The van der Waals surface area contributed by atoms with Crippen molar-refractivity contribution in [1.82, 2.24) is 0 Å². The maximum Gasteiger partial charge on any atom is 0.237 e. The van der Waals surface area contributed by atoms with Gasteiger partial charge in [-0.05, 0) is 34.1 Å². The molecule has 0 aromatic heterocycles. The molecule has 3 heteroatoms. The molecule has 0 aliphatic heterocycles. The molecule has 0 N–H and O–H groups in total. The molecular weight excluding hydrogens is 178 g/mol. The van der Waals surface area contributed by atoms with E-state index in [-0.39, 0.29) is 5.60 Å². The predicted molar refractivity (Wildman–Crippen MR) is 57.0 cm³/mol. The van der Waals surface area contributed by atoms with Gasteiger partial charge in [-0.15, -0.1) is 0 Å². The van der Waals surface area contributed by atoms with Crippen molar-refractivity contribution in [3.8, 4) is 0 Å². The summed E-state index contributed by atoms with van der Waals surface area (Å²) in [4.78, 5) is 3.22. The zero-order valence-electron chi connectivity index (χ0n) is 9.89. The van der Waals surface area contributed by atoms with Gasteiger partial charge in [0.05, 0.1) is 5.60 Å². The van der Waals surface area contributed by atoms with Crippen molar-refractivity contribution in [2.75, 3.05) is 13.2 Å². The van der Waals surface area contributed by atoms with Gasteiger partial charge in [0, 0.05) is 0 Å². The number of hydrogen-bond donors (Lipinski definition) is 0. The van der Waals surface area contributed by atoms with E-state index in [1.54, 1.807) is 0 Å². The topological polar surface area (TPSA) is 22.8 Å². The fourth-order valence-corrected chi connectivity index (χ4v) is 1.10. The molecule has 0 rings (SSSR count). The minimum Gasteiger partial charge on any atom is -0.345 e. The van der Waals surface area contributed by atoms with Gasteiger partial charge < -0.3 is 14.3 Å². The Labute approximate surface area is 87.2 Å². The summed E-state index contributed by atoms with van der Waals surface area (Å²) < 4.78 is 11.3. The second-order valence-corrected chi connectivity index (χ2v) is 4.35. The maximum atomic E-state index is 6.63.